The molecule has 7 aromatic carbocycles. The molecule has 0 aromatic heterocycles. The topological polar surface area (TPSA) is 212 Å². The normalized spacial score (nSPS) is 14.6. The van der Waals surface area contributed by atoms with E-state index in [2.05, 4.69) is 41.1 Å². The molecule has 0 fully saturated rings. The predicted octanol–water partition coefficient (Wildman–Crippen LogP) is 8.77. The molecule has 428 valence electrons. The molecule has 4 N–H and O–H groups in total. The quantitative estimate of drug-likeness (QED) is 0.0331. The minimum absolute atomic E-state index is 0.00383. The molecule has 1 heterocycles. The number of rotatable bonds is 24. The number of ether oxygens (including phenoxy) is 4. The largest absolute Gasteiger partial charge is 0.508 e. The molecule has 1 unspecified atom stereocenters. The second kappa shape index (κ2) is 28.4. The predicted molar refractivity (Wildman–Crippen MR) is 320 cm³/mol. The van der Waals surface area contributed by atoms with E-state index in [1.54, 1.807) is 65.4 Å². The Bertz CT molecular complexity index is 3490. The van der Waals surface area contributed by atoms with Crippen molar-refractivity contribution in [1.82, 2.24) is 20.9 Å². The Morgan fingerprint density at radius 3 is 2.11 bits per heavy atom. The highest BCUT2D eigenvalue weighted by atomic mass is 16.5. The van der Waals surface area contributed by atoms with E-state index in [4.69, 9.17) is 18.9 Å². The van der Waals surface area contributed by atoms with Crippen LogP contribution >= 0.6 is 0 Å². The van der Waals surface area contributed by atoms with Crippen LogP contribution in [0.25, 0.3) is 21.9 Å². The van der Waals surface area contributed by atoms with E-state index in [-0.39, 0.29) is 80.2 Å². The van der Waals surface area contributed by atoms with Gasteiger partial charge >= 0.3 is 0 Å². The van der Waals surface area contributed by atoms with Gasteiger partial charge in [-0.2, -0.15) is 5.26 Å². The van der Waals surface area contributed by atoms with Crippen molar-refractivity contribution in [1.29, 1.82) is 5.26 Å². The Labute approximate surface area is 484 Å². The third kappa shape index (κ3) is 14.4. The number of nitrogens with zero attached hydrogens (tertiary/aromatic N) is 4. The number of likely N-dealkylation sites (N-methyl/N-ethyl adjacent to an activating group) is 2. The molecule has 0 saturated carbocycles. The number of fused-ring (bicyclic) bond motifs is 2. The van der Waals surface area contributed by atoms with Gasteiger partial charge in [0, 0.05) is 30.3 Å². The Balaban J connectivity index is 0.820. The number of benzene rings is 7. The molecule has 0 aliphatic carbocycles. The maximum Gasteiger partial charge on any atom is 0.258 e. The van der Waals surface area contributed by atoms with Crippen LogP contribution in [0, 0.1) is 11.3 Å². The van der Waals surface area contributed by atoms with Crippen molar-refractivity contribution in [2.75, 3.05) is 77.1 Å². The lowest BCUT2D eigenvalue weighted by Gasteiger charge is -2.33. The summed E-state index contributed by atoms with van der Waals surface area (Å²) in [6, 6.07) is 46.9. The molecule has 8 rings (SSSR count). The Morgan fingerprint density at radius 1 is 0.759 bits per heavy atom. The number of phenols is 1. The average Bonchev–Trinajstić information content (AvgIpc) is 3.93. The zero-order valence-electron chi connectivity index (χ0n) is 47.5. The summed E-state index contributed by atoms with van der Waals surface area (Å²) in [4.78, 5) is 74.1. The summed E-state index contributed by atoms with van der Waals surface area (Å²) in [6.07, 6.45) is 0.802. The van der Waals surface area contributed by atoms with Crippen LogP contribution in [0.3, 0.4) is 0 Å². The molecule has 83 heavy (non-hydrogen) atoms. The summed E-state index contributed by atoms with van der Waals surface area (Å²) < 4.78 is 23.1. The molecule has 3 atom stereocenters. The first-order valence-corrected chi connectivity index (χ1v) is 27.5. The second-order valence-corrected chi connectivity index (χ2v) is 19.9. The molecule has 5 amide bonds. The highest BCUT2D eigenvalue weighted by molar-refractivity contribution is 6.14. The van der Waals surface area contributed by atoms with Gasteiger partial charge in [0.2, 0.25) is 11.8 Å². The van der Waals surface area contributed by atoms with E-state index in [0.717, 1.165) is 39.5 Å². The van der Waals surface area contributed by atoms with Crippen LogP contribution in [0.1, 0.15) is 75.7 Å². The molecule has 0 radical (unpaired) electrons. The molecule has 0 spiro atoms. The summed E-state index contributed by atoms with van der Waals surface area (Å²) >= 11 is 0. The molecule has 1 aliphatic heterocycles. The number of nitrogens with one attached hydrogen (secondary N) is 3. The van der Waals surface area contributed by atoms with Crippen molar-refractivity contribution in [2.24, 2.45) is 0 Å². The third-order valence-corrected chi connectivity index (χ3v) is 14.7. The minimum Gasteiger partial charge on any atom is -0.508 e. The van der Waals surface area contributed by atoms with E-state index < -0.39 is 41.8 Å². The average molecular weight is 1120 g/mol. The second-order valence-electron chi connectivity index (χ2n) is 19.9. The van der Waals surface area contributed by atoms with Crippen molar-refractivity contribution in [2.45, 2.75) is 51.9 Å². The summed E-state index contributed by atoms with van der Waals surface area (Å²) in [7, 11) is 4.86. The number of phenolic OH excluding ortho intramolecular Hbond substituents is 1. The summed E-state index contributed by atoms with van der Waals surface area (Å²) in [6.45, 7) is 6.62. The number of amides is 5. The highest BCUT2D eigenvalue weighted by Crippen LogP contribution is 2.41. The van der Waals surface area contributed by atoms with Crippen LogP contribution in [0.4, 0.5) is 11.4 Å². The van der Waals surface area contributed by atoms with Crippen LogP contribution in [0.5, 0.6) is 17.2 Å². The maximum absolute atomic E-state index is 15.0. The molecule has 17 nitrogen and oxygen atoms in total. The molecule has 0 bridgehead atoms. The van der Waals surface area contributed by atoms with Crippen LogP contribution in [0.15, 0.2) is 158 Å². The van der Waals surface area contributed by atoms with Gasteiger partial charge in [-0.05, 0) is 139 Å². The fourth-order valence-corrected chi connectivity index (χ4v) is 9.94. The molecular formula is C66H69N7O10. The van der Waals surface area contributed by atoms with Gasteiger partial charge in [-0.1, -0.05) is 91.9 Å². The van der Waals surface area contributed by atoms with Crippen molar-refractivity contribution in [3.63, 3.8) is 0 Å². The van der Waals surface area contributed by atoms with Crippen LogP contribution in [-0.2, 0) is 30.4 Å². The molecular weight excluding hydrogens is 1050 g/mol. The van der Waals surface area contributed by atoms with Gasteiger partial charge in [0.05, 0.1) is 75.1 Å². The lowest BCUT2D eigenvalue weighted by Crippen LogP contribution is -2.59. The standard InChI is InChI=1S/C66H69N7O10/c1-7-54(46-13-9-8-10-14-46)61(48-22-27-52(74)28-23-48)49-24-29-53(30-25-49)83-36-34-71(5)60(75)42-82-38-37-81-35-33-69-64(77)50-18-20-51(21-19-50)65(78)73-44(3)62(70-63(76)43(2)68-4)66(79)72(57-31-17-45(40-67)39-58(57)73)41-56-55-16-12-11-15-47(55)26-32-59(56)80-6/h8-32,39,43-44,62,68,74H,7,33-38,41-42H2,1-6H3,(H,69,77)(H,70,76)/b61-54-/t43-,44-,62?/m0/s1. The van der Waals surface area contributed by atoms with Gasteiger partial charge in [0.15, 0.2) is 0 Å². The number of hydrogen-bond acceptors (Lipinski definition) is 12. The Morgan fingerprint density at radius 2 is 1.42 bits per heavy atom. The summed E-state index contributed by atoms with van der Waals surface area (Å²) in [5, 5.41) is 30.5. The third-order valence-electron chi connectivity index (χ3n) is 14.7. The first-order valence-electron chi connectivity index (χ1n) is 27.5. The summed E-state index contributed by atoms with van der Waals surface area (Å²) in [5.41, 5.74) is 7.41. The molecule has 0 saturated heterocycles. The van der Waals surface area contributed by atoms with Crippen molar-refractivity contribution < 1.29 is 48.0 Å². The fourth-order valence-electron chi connectivity index (χ4n) is 9.94. The smallest absolute Gasteiger partial charge is 0.258 e. The Kier molecular flexibility index (Phi) is 20.4. The monoisotopic (exact) mass is 1120 g/mol. The number of allylic oxidation sites excluding steroid dienone is 1. The van der Waals surface area contributed by atoms with Crippen molar-refractivity contribution in [3.8, 4) is 23.3 Å². The SMILES string of the molecule is CC/C(=C(\c1ccc(O)cc1)c1ccc(OCCN(C)C(=O)COCCOCCNC(=O)c2ccc(C(=O)N3c4cc(C#N)ccc4N(Cc4c(OC)ccc5ccccc45)C(=O)C(NC(=O)[C@H](C)NC)[C@@H]3C)cc2)cc1)c1ccccc1. The van der Waals surface area contributed by atoms with E-state index >= 15 is 4.79 Å². The fraction of sp³-hybridized carbons (Fsp3) is 0.273. The summed E-state index contributed by atoms with van der Waals surface area (Å²) in [5.74, 6) is -0.688. The van der Waals surface area contributed by atoms with E-state index in [0.29, 0.717) is 29.3 Å². The zero-order chi connectivity index (χ0) is 59.0. The first-order chi connectivity index (χ1) is 40.2. The van der Waals surface area contributed by atoms with Crippen LogP contribution in [0.2, 0.25) is 0 Å². The van der Waals surface area contributed by atoms with Gasteiger partial charge in [-0.25, -0.2) is 0 Å². The molecule has 1 aliphatic rings. The van der Waals surface area contributed by atoms with Crippen molar-refractivity contribution in [3.05, 3.63) is 197 Å². The molecule has 7 aromatic rings. The van der Waals surface area contributed by atoms with E-state index in [1.807, 2.05) is 91.0 Å². The van der Waals surface area contributed by atoms with Gasteiger partial charge in [-0.15, -0.1) is 0 Å². The maximum atomic E-state index is 15.0. The lowest BCUT2D eigenvalue weighted by atomic mass is 9.88. The first kappa shape index (κ1) is 59.8. The van der Waals surface area contributed by atoms with E-state index in [1.165, 1.54) is 44.5 Å². The number of aromatic hydroxyl groups is 1. The number of nitriles is 1. The number of carbonyl (C=O) groups excluding carboxylic acids is 5. The number of carbonyl (C=O) groups is 5. The zero-order valence-corrected chi connectivity index (χ0v) is 47.5. The van der Waals surface area contributed by atoms with E-state index in [9.17, 15) is 29.5 Å². The number of hydrogen-bond donors (Lipinski definition) is 4. The number of methoxy groups -OCH3 is 1. The number of anilines is 2. The minimum atomic E-state index is -1.24. The van der Waals surface area contributed by atoms with Gasteiger partial charge < -0.3 is 54.7 Å². The lowest BCUT2D eigenvalue weighted by molar-refractivity contribution is -0.135. The Hall–Kier alpha value is -9.34. The van der Waals surface area contributed by atoms with Crippen LogP contribution in [-0.4, -0.2) is 125 Å². The molecule has 17 heteroatoms. The van der Waals surface area contributed by atoms with Gasteiger partial charge in [0.25, 0.3) is 17.7 Å². The van der Waals surface area contributed by atoms with Crippen LogP contribution < -0.4 is 35.2 Å². The van der Waals surface area contributed by atoms with Gasteiger partial charge in [-0.3, -0.25) is 24.0 Å². The van der Waals surface area contributed by atoms with Gasteiger partial charge in [0.1, 0.15) is 36.5 Å². The highest BCUT2D eigenvalue weighted by Gasteiger charge is 2.43. The van der Waals surface area contributed by atoms with Crippen molar-refractivity contribution >= 4 is 62.8 Å².